The summed E-state index contributed by atoms with van der Waals surface area (Å²) in [7, 11) is 0. The lowest BCUT2D eigenvalue weighted by Gasteiger charge is -2.14. The lowest BCUT2D eigenvalue weighted by atomic mass is 10.1. The van der Waals surface area contributed by atoms with Crippen LogP contribution in [-0.2, 0) is 4.79 Å². The Morgan fingerprint density at radius 3 is 2.94 bits per heavy atom. The van der Waals surface area contributed by atoms with Crippen LogP contribution >= 0.6 is 11.6 Å². The summed E-state index contributed by atoms with van der Waals surface area (Å²) in [5.41, 5.74) is 1.03. The zero-order chi connectivity index (χ0) is 13.0. The molecule has 0 aliphatic heterocycles. The van der Waals surface area contributed by atoms with Gasteiger partial charge in [-0.25, -0.2) is 0 Å². The molecular formula is C14H19ClN2O. The van der Waals surface area contributed by atoms with E-state index in [1.807, 2.05) is 31.2 Å². The predicted octanol–water partition coefficient (Wildman–Crippen LogP) is 2.66. The van der Waals surface area contributed by atoms with E-state index in [2.05, 4.69) is 10.6 Å². The molecular weight excluding hydrogens is 248 g/mol. The van der Waals surface area contributed by atoms with Gasteiger partial charge in [0.2, 0.25) is 5.91 Å². The van der Waals surface area contributed by atoms with Crippen molar-refractivity contribution in [2.24, 2.45) is 0 Å². The number of rotatable bonds is 6. The number of carbonyl (C=O) groups excluding carboxylic acids is 1. The summed E-state index contributed by atoms with van der Waals surface area (Å²) in [4.78, 5) is 11.7. The molecule has 1 aliphatic rings. The van der Waals surface area contributed by atoms with Crippen LogP contribution in [0.5, 0.6) is 0 Å². The summed E-state index contributed by atoms with van der Waals surface area (Å²) in [6.07, 6.45) is 3.03. The van der Waals surface area contributed by atoms with E-state index in [4.69, 9.17) is 11.6 Å². The molecule has 0 heterocycles. The molecule has 2 rings (SSSR count). The standard InChI is InChI=1S/C14H19ClN2O/c1-10(11-3-2-4-12(15)9-11)17-14(18)7-8-16-13-5-6-13/h2-4,9-10,13,16H,5-8H2,1H3,(H,17,18). The minimum absolute atomic E-state index is 0.00266. The highest BCUT2D eigenvalue weighted by Gasteiger charge is 2.20. The van der Waals surface area contributed by atoms with Crippen molar-refractivity contribution in [3.8, 4) is 0 Å². The fourth-order valence-corrected chi connectivity index (χ4v) is 2.05. The second kappa shape index (κ2) is 6.21. The number of hydrogen-bond acceptors (Lipinski definition) is 2. The van der Waals surface area contributed by atoms with Crippen LogP contribution in [0.4, 0.5) is 0 Å². The number of halogens is 1. The van der Waals surface area contributed by atoms with Crippen LogP contribution in [0.2, 0.25) is 5.02 Å². The number of carbonyl (C=O) groups is 1. The van der Waals surface area contributed by atoms with Crippen LogP contribution in [0.1, 0.15) is 37.8 Å². The van der Waals surface area contributed by atoms with Gasteiger partial charge in [-0.05, 0) is 37.5 Å². The predicted molar refractivity (Wildman–Crippen MR) is 73.7 cm³/mol. The summed E-state index contributed by atoms with van der Waals surface area (Å²) in [5.74, 6) is 0.0793. The summed E-state index contributed by atoms with van der Waals surface area (Å²) < 4.78 is 0. The molecule has 2 N–H and O–H groups in total. The van der Waals surface area contributed by atoms with Gasteiger partial charge in [0.25, 0.3) is 0 Å². The van der Waals surface area contributed by atoms with Crippen LogP contribution in [0.3, 0.4) is 0 Å². The maximum atomic E-state index is 11.7. The van der Waals surface area contributed by atoms with Gasteiger partial charge in [-0.1, -0.05) is 23.7 Å². The monoisotopic (exact) mass is 266 g/mol. The van der Waals surface area contributed by atoms with Gasteiger partial charge in [0, 0.05) is 24.0 Å². The second-order valence-corrected chi connectivity index (χ2v) is 5.26. The first-order chi connectivity index (χ1) is 8.65. The first-order valence-corrected chi connectivity index (χ1v) is 6.81. The average Bonchev–Trinajstić information content (AvgIpc) is 3.13. The van der Waals surface area contributed by atoms with E-state index in [0.29, 0.717) is 17.5 Å². The molecule has 18 heavy (non-hydrogen) atoms. The Bertz CT molecular complexity index is 418. The summed E-state index contributed by atoms with van der Waals surface area (Å²) in [5, 5.41) is 7.01. The Morgan fingerprint density at radius 1 is 1.50 bits per heavy atom. The van der Waals surface area contributed by atoms with Gasteiger partial charge in [0.15, 0.2) is 0 Å². The summed E-state index contributed by atoms with van der Waals surface area (Å²) in [6, 6.07) is 8.24. The minimum Gasteiger partial charge on any atom is -0.350 e. The highest BCUT2D eigenvalue weighted by Crippen LogP contribution is 2.19. The van der Waals surface area contributed by atoms with Crippen molar-refractivity contribution < 1.29 is 4.79 Å². The summed E-state index contributed by atoms with van der Waals surface area (Å²) in [6.45, 7) is 2.73. The molecule has 1 saturated carbocycles. The van der Waals surface area contributed by atoms with E-state index in [0.717, 1.165) is 12.1 Å². The Kier molecular flexibility index (Phi) is 4.61. The third kappa shape index (κ3) is 4.31. The van der Waals surface area contributed by atoms with E-state index in [-0.39, 0.29) is 11.9 Å². The van der Waals surface area contributed by atoms with Gasteiger partial charge in [0.1, 0.15) is 0 Å². The van der Waals surface area contributed by atoms with Gasteiger partial charge in [-0.15, -0.1) is 0 Å². The van der Waals surface area contributed by atoms with Crippen LogP contribution in [0, 0.1) is 0 Å². The van der Waals surface area contributed by atoms with Gasteiger partial charge in [-0.2, -0.15) is 0 Å². The topological polar surface area (TPSA) is 41.1 Å². The minimum atomic E-state index is -0.00266. The fraction of sp³-hybridized carbons (Fsp3) is 0.500. The van der Waals surface area contributed by atoms with Crippen molar-refractivity contribution >= 4 is 17.5 Å². The first-order valence-electron chi connectivity index (χ1n) is 6.43. The van der Waals surface area contributed by atoms with Crippen LogP contribution in [0.15, 0.2) is 24.3 Å². The fourth-order valence-electron chi connectivity index (χ4n) is 1.85. The molecule has 1 fully saturated rings. The number of amides is 1. The molecule has 0 radical (unpaired) electrons. The maximum Gasteiger partial charge on any atom is 0.221 e. The van der Waals surface area contributed by atoms with Crippen molar-refractivity contribution in [1.82, 2.24) is 10.6 Å². The van der Waals surface area contributed by atoms with E-state index < -0.39 is 0 Å². The Hall–Kier alpha value is -1.06. The SMILES string of the molecule is CC(NC(=O)CCNC1CC1)c1cccc(Cl)c1. The van der Waals surface area contributed by atoms with Gasteiger partial charge >= 0.3 is 0 Å². The van der Waals surface area contributed by atoms with Gasteiger partial charge in [0.05, 0.1) is 6.04 Å². The van der Waals surface area contributed by atoms with E-state index in [9.17, 15) is 4.79 Å². The van der Waals surface area contributed by atoms with Gasteiger partial charge < -0.3 is 10.6 Å². The molecule has 0 bridgehead atoms. The van der Waals surface area contributed by atoms with Crippen molar-refractivity contribution in [2.45, 2.75) is 38.3 Å². The normalized spacial score (nSPS) is 16.3. The largest absolute Gasteiger partial charge is 0.350 e. The van der Waals surface area contributed by atoms with Crippen molar-refractivity contribution in [1.29, 1.82) is 0 Å². The van der Waals surface area contributed by atoms with Crippen LogP contribution in [0.25, 0.3) is 0 Å². The van der Waals surface area contributed by atoms with Crippen molar-refractivity contribution in [2.75, 3.05) is 6.54 Å². The van der Waals surface area contributed by atoms with E-state index in [1.54, 1.807) is 0 Å². The Morgan fingerprint density at radius 2 is 2.28 bits per heavy atom. The molecule has 1 aliphatic carbocycles. The molecule has 0 spiro atoms. The molecule has 1 aromatic rings. The Balaban J connectivity index is 1.75. The summed E-state index contributed by atoms with van der Waals surface area (Å²) >= 11 is 5.93. The molecule has 1 unspecified atom stereocenters. The quantitative estimate of drug-likeness (QED) is 0.831. The smallest absolute Gasteiger partial charge is 0.221 e. The molecule has 98 valence electrons. The van der Waals surface area contributed by atoms with Crippen LogP contribution in [-0.4, -0.2) is 18.5 Å². The molecule has 0 aromatic heterocycles. The highest BCUT2D eigenvalue weighted by molar-refractivity contribution is 6.30. The van der Waals surface area contributed by atoms with Gasteiger partial charge in [-0.3, -0.25) is 4.79 Å². The zero-order valence-electron chi connectivity index (χ0n) is 10.6. The second-order valence-electron chi connectivity index (χ2n) is 4.82. The molecule has 3 nitrogen and oxygen atoms in total. The molecule has 4 heteroatoms. The lowest BCUT2D eigenvalue weighted by Crippen LogP contribution is -2.30. The number of nitrogens with one attached hydrogen (secondary N) is 2. The third-order valence-electron chi connectivity index (χ3n) is 3.09. The highest BCUT2D eigenvalue weighted by atomic mass is 35.5. The first kappa shape index (κ1) is 13.4. The Labute approximate surface area is 113 Å². The maximum absolute atomic E-state index is 11.7. The molecule has 0 saturated heterocycles. The van der Waals surface area contributed by atoms with Crippen LogP contribution < -0.4 is 10.6 Å². The zero-order valence-corrected chi connectivity index (χ0v) is 11.3. The average molecular weight is 267 g/mol. The number of benzene rings is 1. The third-order valence-corrected chi connectivity index (χ3v) is 3.32. The molecule has 1 atom stereocenters. The lowest BCUT2D eigenvalue weighted by molar-refractivity contribution is -0.121. The van der Waals surface area contributed by atoms with E-state index >= 15 is 0 Å². The van der Waals surface area contributed by atoms with Crippen molar-refractivity contribution in [3.63, 3.8) is 0 Å². The number of hydrogen-bond donors (Lipinski definition) is 2. The van der Waals surface area contributed by atoms with Crippen molar-refractivity contribution in [3.05, 3.63) is 34.9 Å². The molecule has 1 amide bonds. The van der Waals surface area contributed by atoms with E-state index in [1.165, 1.54) is 12.8 Å². The molecule has 1 aromatic carbocycles.